The average molecular weight is 414 g/mol. The molecule has 0 N–H and O–H groups in total. The smallest absolute Gasteiger partial charge is 0.405 e. The van der Waals surface area contributed by atoms with Gasteiger partial charge in [-0.1, -0.05) is 0 Å². The Morgan fingerprint density at radius 3 is 2.23 bits per heavy atom. The molecule has 0 spiro atoms. The zero-order chi connectivity index (χ0) is 10.1. The topological polar surface area (TPSA) is 9.23 Å². The van der Waals surface area contributed by atoms with E-state index in [1.165, 1.54) is 6.07 Å². The van der Waals surface area contributed by atoms with Gasteiger partial charge in [-0.05, 0) is 63.4 Å². The molecule has 0 aromatic heterocycles. The molecule has 0 atom stereocenters. The van der Waals surface area contributed by atoms with Gasteiger partial charge in [0, 0.05) is 3.57 Å². The minimum absolute atomic E-state index is 0.159. The standard InChI is InChI=1S/C7H3F3I2O/c8-7(9,10)13-6-2-1-4(11)3-5(6)12/h1-3H. The Kier molecular flexibility index (Phi) is 3.66. The molecule has 0 unspecified atom stereocenters. The Bertz CT molecular complexity index is 311. The number of hydrogen-bond donors (Lipinski definition) is 0. The van der Waals surface area contributed by atoms with Crippen molar-refractivity contribution >= 4 is 45.2 Å². The number of rotatable bonds is 1. The largest absolute Gasteiger partial charge is 0.573 e. The molecule has 0 saturated carbocycles. The molecule has 0 heterocycles. The molecule has 1 aromatic rings. The maximum atomic E-state index is 11.8. The number of halogens is 5. The summed E-state index contributed by atoms with van der Waals surface area (Å²) < 4.78 is 40.5. The van der Waals surface area contributed by atoms with Crippen LogP contribution in [0.1, 0.15) is 0 Å². The zero-order valence-corrected chi connectivity index (χ0v) is 10.3. The van der Waals surface area contributed by atoms with Gasteiger partial charge in [-0.2, -0.15) is 0 Å². The molecular formula is C7H3F3I2O. The molecule has 1 nitrogen and oxygen atoms in total. The number of alkyl halides is 3. The highest BCUT2D eigenvalue weighted by molar-refractivity contribution is 14.1. The summed E-state index contributed by atoms with van der Waals surface area (Å²) in [5, 5.41) is 0. The van der Waals surface area contributed by atoms with Crippen molar-refractivity contribution in [2.75, 3.05) is 0 Å². The van der Waals surface area contributed by atoms with Gasteiger partial charge in [-0.3, -0.25) is 0 Å². The molecule has 13 heavy (non-hydrogen) atoms. The Morgan fingerprint density at radius 2 is 1.77 bits per heavy atom. The lowest BCUT2D eigenvalue weighted by atomic mass is 10.3. The Labute approximate surface area is 99.9 Å². The highest BCUT2D eigenvalue weighted by atomic mass is 127. The van der Waals surface area contributed by atoms with E-state index in [1.807, 2.05) is 22.6 Å². The minimum Gasteiger partial charge on any atom is -0.405 e. The van der Waals surface area contributed by atoms with Crippen molar-refractivity contribution in [2.24, 2.45) is 0 Å². The van der Waals surface area contributed by atoms with Gasteiger partial charge in [0.15, 0.2) is 0 Å². The highest BCUT2D eigenvalue weighted by Gasteiger charge is 2.31. The number of benzene rings is 1. The fraction of sp³-hybridized carbons (Fsp3) is 0.143. The summed E-state index contributed by atoms with van der Waals surface area (Å²) in [6, 6.07) is 4.48. The van der Waals surface area contributed by atoms with Crippen LogP contribution in [0.5, 0.6) is 5.75 Å². The van der Waals surface area contributed by atoms with E-state index in [4.69, 9.17) is 0 Å². The maximum absolute atomic E-state index is 11.8. The van der Waals surface area contributed by atoms with Gasteiger partial charge in [0.05, 0.1) is 3.57 Å². The van der Waals surface area contributed by atoms with E-state index in [-0.39, 0.29) is 5.75 Å². The third-order valence-electron chi connectivity index (χ3n) is 1.12. The normalized spacial score (nSPS) is 11.5. The molecule has 1 rings (SSSR count). The molecule has 6 heteroatoms. The van der Waals surface area contributed by atoms with E-state index in [0.717, 1.165) is 3.57 Å². The first kappa shape index (κ1) is 11.3. The lowest BCUT2D eigenvalue weighted by Crippen LogP contribution is -2.17. The predicted molar refractivity (Wildman–Crippen MR) is 58.6 cm³/mol. The lowest BCUT2D eigenvalue weighted by molar-refractivity contribution is -0.274. The molecule has 0 saturated heterocycles. The summed E-state index contributed by atoms with van der Waals surface area (Å²) in [5.41, 5.74) is 0. The van der Waals surface area contributed by atoms with Gasteiger partial charge in [-0.25, -0.2) is 0 Å². The van der Waals surface area contributed by atoms with E-state index in [0.29, 0.717) is 3.57 Å². The quantitative estimate of drug-likeness (QED) is 0.636. The summed E-state index contributed by atoms with van der Waals surface area (Å²) in [5.74, 6) is -0.159. The molecule has 0 bridgehead atoms. The maximum Gasteiger partial charge on any atom is 0.573 e. The Morgan fingerprint density at radius 1 is 1.15 bits per heavy atom. The number of ether oxygens (including phenoxy) is 1. The van der Waals surface area contributed by atoms with Gasteiger partial charge in [0.2, 0.25) is 0 Å². The second-order valence-corrected chi connectivity index (χ2v) is 4.53. The fourth-order valence-corrected chi connectivity index (χ4v) is 2.40. The molecule has 72 valence electrons. The summed E-state index contributed by atoms with van der Waals surface area (Å²) in [6.45, 7) is 0. The molecule has 1 aromatic carbocycles. The SMILES string of the molecule is FC(F)(F)Oc1ccc(I)cc1I. The van der Waals surface area contributed by atoms with Gasteiger partial charge in [0.25, 0.3) is 0 Å². The van der Waals surface area contributed by atoms with Crippen LogP contribution in [-0.2, 0) is 0 Å². The van der Waals surface area contributed by atoms with E-state index in [9.17, 15) is 13.2 Å². The third kappa shape index (κ3) is 3.88. The minimum atomic E-state index is -4.62. The van der Waals surface area contributed by atoms with Crippen molar-refractivity contribution in [1.82, 2.24) is 0 Å². The molecule has 0 radical (unpaired) electrons. The Hall–Kier alpha value is 0.270. The van der Waals surface area contributed by atoms with Crippen LogP contribution in [0.4, 0.5) is 13.2 Å². The second kappa shape index (κ2) is 4.20. The van der Waals surface area contributed by atoms with Crippen LogP contribution in [0.25, 0.3) is 0 Å². The van der Waals surface area contributed by atoms with Crippen LogP contribution >= 0.6 is 45.2 Å². The monoisotopic (exact) mass is 414 g/mol. The summed E-state index contributed by atoms with van der Waals surface area (Å²) in [7, 11) is 0. The van der Waals surface area contributed by atoms with Crippen molar-refractivity contribution in [1.29, 1.82) is 0 Å². The predicted octanol–water partition coefficient (Wildman–Crippen LogP) is 3.79. The molecule has 0 aliphatic carbocycles. The first-order chi connectivity index (χ1) is 5.88. The Balaban J connectivity index is 2.90. The average Bonchev–Trinajstić information content (AvgIpc) is 1.93. The molecule has 0 amide bonds. The van der Waals surface area contributed by atoms with E-state index >= 15 is 0 Å². The van der Waals surface area contributed by atoms with Crippen molar-refractivity contribution in [2.45, 2.75) is 6.36 Å². The van der Waals surface area contributed by atoms with Gasteiger partial charge in [-0.15, -0.1) is 13.2 Å². The van der Waals surface area contributed by atoms with Crippen LogP contribution < -0.4 is 4.74 Å². The summed E-state index contributed by atoms with van der Waals surface area (Å²) in [4.78, 5) is 0. The van der Waals surface area contributed by atoms with Crippen molar-refractivity contribution < 1.29 is 17.9 Å². The van der Waals surface area contributed by atoms with Crippen molar-refractivity contribution in [3.63, 3.8) is 0 Å². The van der Waals surface area contributed by atoms with Crippen molar-refractivity contribution in [3.05, 3.63) is 25.3 Å². The van der Waals surface area contributed by atoms with Gasteiger partial charge < -0.3 is 4.74 Å². The van der Waals surface area contributed by atoms with Gasteiger partial charge in [0.1, 0.15) is 5.75 Å². The molecule has 0 aliphatic rings. The second-order valence-electron chi connectivity index (χ2n) is 2.12. The first-order valence-corrected chi connectivity index (χ1v) is 5.25. The molecular weight excluding hydrogens is 411 g/mol. The van der Waals surface area contributed by atoms with Crippen LogP contribution in [-0.4, -0.2) is 6.36 Å². The molecule has 0 fully saturated rings. The lowest BCUT2D eigenvalue weighted by Gasteiger charge is -2.10. The summed E-state index contributed by atoms with van der Waals surface area (Å²) >= 11 is 3.81. The van der Waals surface area contributed by atoms with Crippen LogP contribution in [0.3, 0.4) is 0 Å². The third-order valence-corrected chi connectivity index (χ3v) is 2.63. The van der Waals surface area contributed by atoms with Crippen LogP contribution in [0, 0.1) is 7.14 Å². The van der Waals surface area contributed by atoms with Crippen molar-refractivity contribution in [3.8, 4) is 5.75 Å². The number of hydrogen-bond acceptors (Lipinski definition) is 1. The highest BCUT2D eigenvalue weighted by Crippen LogP contribution is 2.28. The van der Waals surface area contributed by atoms with Crippen LogP contribution in [0.15, 0.2) is 18.2 Å². The molecule has 0 aliphatic heterocycles. The van der Waals surface area contributed by atoms with E-state index in [1.54, 1.807) is 34.7 Å². The zero-order valence-electron chi connectivity index (χ0n) is 6.03. The van der Waals surface area contributed by atoms with E-state index < -0.39 is 6.36 Å². The van der Waals surface area contributed by atoms with Gasteiger partial charge >= 0.3 is 6.36 Å². The van der Waals surface area contributed by atoms with E-state index in [2.05, 4.69) is 4.74 Å². The fourth-order valence-electron chi connectivity index (χ4n) is 0.683. The first-order valence-electron chi connectivity index (χ1n) is 3.09. The summed E-state index contributed by atoms with van der Waals surface area (Å²) in [6.07, 6.45) is -4.62. The van der Waals surface area contributed by atoms with Crippen LogP contribution in [0.2, 0.25) is 0 Å².